The summed E-state index contributed by atoms with van der Waals surface area (Å²) in [4.78, 5) is 26.4. The minimum absolute atomic E-state index is 0.0279. The predicted octanol–water partition coefficient (Wildman–Crippen LogP) is 1.90. The van der Waals surface area contributed by atoms with Crippen LogP contribution in [0.5, 0.6) is 0 Å². The molecule has 154 valence electrons. The van der Waals surface area contributed by atoms with Gasteiger partial charge in [0.05, 0.1) is 12.3 Å². The molecule has 3 amide bonds. The maximum absolute atomic E-state index is 12.5. The van der Waals surface area contributed by atoms with Crippen molar-refractivity contribution in [1.29, 1.82) is 0 Å². The topological polar surface area (TPSA) is 108 Å². The molecule has 1 heterocycles. The Morgan fingerprint density at radius 1 is 1.36 bits per heavy atom. The molecule has 0 saturated carbocycles. The minimum Gasteiger partial charge on any atom is -0.348 e. The van der Waals surface area contributed by atoms with Gasteiger partial charge in [-0.25, -0.2) is 17.9 Å². The lowest BCUT2D eigenvalue weighted by molar-refractivity contribution is -0.122. The van der Waals surface area contributed by atoms with Gasteiger partial charge in [-0.3, -0.25) is 4.79 Å². The summed E-state index contributed by atoms with van der Waals surface area (Å²) in [5.41, 5.74) is 0.550. The van der Waals surface area contributed by atoms with E-state index in [0.29, 0.717) is 10.5 Å². The van der Waals surface area contributed by atoms with Gasteiger partial charge in [-0.2, -0.15) is 0 Å². The second-order valence-electron chi connectivity index (χ2n) is 5.93. The number of carbonyl (C=O) groups excluding carboxylic acids is 2. The SMILES string of the molecule is CCC(NC(=O)Cc1ccc(SC)c(S(=O)(=O)NC(=O)NC)c1)N1C=CSC1. The number of amides is 3. The summed E-state index contributed by atoms with van der Waals surface area (Å²) in [5, 5.41) is 7.17. The molecule has 8 nitrogen and oxygen atoms in total. The summed E-state index contributed by atoms with van der Waals surface area (Å²) in [6.45, 7) is 1.99. The monoisotopic (exact) mass is 444 g/mol. The lowest BCUT2D eigenvalue weighted by atomic mass is 10.1. The Hall–Kier alpha value is -1.85. The zero-order valence-electron chi connectivity index (χ0n) is 15.9. The van der Waals surface area contributed by atoms with E-state index in [9.17, 15) is 18.0 Å². The highest BCUT2D eigenvalue weighted by molar-refractivity contribution is 8.02. The van der Waals surface area contributed by atoms with Crippen LogP contribution in [0, 0.1) is 0 Å². The Kier molecular flexibility index (Phi) is 8.08. The smallest absolute Gasteiger partial charge is 0.328 e. The molecule has 0 aliphatic carbocycles. The lowest BCUT2D eigenvalue weighted by Gasteiger charge is -2.27. The van der Waals surface area contributed by atoms with E-state index in [1.807, 2.05) is 28.2 Å². The molecular formula is C17H24N4O4S3. The zero-order valence-corrected chi connectivity index (χ0v) is 18.3. The van der Waals surface area contributed by atoms with E-state index in [1.165, 1.54) is 24.9 Å². The Morgan fingerprint density at radius 2 is 2.11 bits per heavy atom. The Balaban J connectivity index is 2.16. The van der Waals surface area contributed by atoms with Gasteiger partial charge < -0.3 is 15.5 Å². The van der Waals surface area contributed by atoms with E-state index in [1.54, 1.807) is 30.2 Å². The number of hydrogen-bond acceptors (Lipinski definition) is 7. The van der Waals surface area contributed by atoms with Crippen LogP contribution >= 0.6 is 23.5 Å². The van der Waals surface area contributed by atoms with Crippen LogP contribution in [-0.4, -0.2) is 50.6 Å². The van der Waals surface area contributed by atoms with Crippen molar-refractivity contribution in [3.63, 3.8) is 0 Å². The van der Waals surface area contributed by atoms with Crippen molar-refractivity contribution in [1.82, 2.24) is 20.3 Å². The first-order valence-corrected chi connectivity index (χ1v) is 12.3. The van der Waals surface area contributed by atoms with Gasteiger partial charge in [0, 0.05) is 18.1 Å². The first-order valence-electron chi connectivity index (χ1n) is 8.55. The molecule has 2 rings (SSSR count). The van der Waals surface area contributed by atoms with Crippen LogP contribution in [0.4, 0.5) is 4.79 Å². The van der Waals surface area contributed by atoms with Gasteiger partial charge in [-0.1, -0.05) is 13.0 Å². The molecule has 0 radical (unpaired) electrons. The summed E-state index contributed by atoms with van der Waals surface area (Å²) in [5.74, 6) is 0.589. The summed E-state index contributed by atoms with van der Waals surface area (Å²) in [6, 6.07) is 3.97. The lowest BCUT2D eigenvalue weighted by Crippen LogP contribution is -2.45. The van der Waals surface area contributed by atoms with E-state index in [-0.39, 0.29) is 23.4 Å². The first-order chi connectivity index (χ1) is 13.3. The van der Waals surface area contributed by atoms with Crippen LogP contribution in [0.2, 0.25) is 0 Å². The summed E-state index contributed by atoms with van der Waals surface area (Å²) < 4.78 is 27.0. The van der Waals surface area contributed by atoms with Crippen LogP contribution in [0.15, 0.2) is 39.6 Å². The highest BCUT2D eigenvalue weighted by atomic mass is 32.2. The van der Waals surface area contributed by atoms with Gasteiger partial charge in [-0.15, -0.1) is 23.5 Å². The van der Waals surface area contributed by atoms with Crippen LogP contribution in [0.3, 0.4) is 0 Å². The fourth-order valence-electron chi connectivity index (χ4n) is 2.60. The molecule has 1 aromatic rings. The summed E-state index contributed by atoms with van der Waals surface area (Å²) in [6.07, 6.45) is 4.37. The average Bonchev–Trinajstić information content (AvgIpc) is 3.20. The van der Waals surface area contributed by atoms with Gasteiger partial charge in [0.2, 0.25) is 5.91 Å². The Bertz CT molecular complexity index is 858. The van der Waals surface area contributed by atoms with E-state index in [0.717, 1.165) is 12.3 Å². The van der Waals surface area contributed by atoms with Crippen LogP contribution in [0.25, 0.3) is 0 Å². The van der Waals surface area contributed by atoms with E-state index < -0.39 is 16.1 Å². The number of nitrogens with one attached hydrogen (secondary N) is 3. The van der Waals surface area contributed by atoms with Crippen molar-refractivity contribution in [2.24, 2.45) is 0 Å². The predicted molar refractivity (Wildman–Crippen MR) is 112 cm³/mol. The third-order valence-electron chi connectivity index (χ3n) is 4.02. The van der Waals surface area contributed by atoms with Crippen molar-refractivity contribution in [3.8, 4) is 0 Å². The maximum Gasteiger partial charge on any atom is 0.328 e. The van der Waals surface area contributed by atoms with Crippen LogP contribution in [0.1, 0.15) is 18.9 Å². The molecule has 0 saturated heterocycles. The Labute approximate surface area is 173 Å². The van der Waals surface area contributed by atoms with Crippen molar-refractivity contribution in [3.05, 3.63) is 35.4 Å². The average molecular weight is 445 g/mol. The van der Waals surface area contributed by atoms with Crippen molar-refractivity contribution < 1.29 is 18.0 Å². The second kappa shape index (κ2) is 10.1. The molecule has 0 aromatic heterocycles. The molecule has 11 heteroatoms. The number of urea groups is 1. The molecule has 1 unspecified atom stereocenters. The standard InChI is InChI=1S/C17H24N4O4S3/c1-4-15(21-7-8-27-11-21)19-16(22)10-12-5-6-13(26-3)14(9-12)28(24,25)20-17(23)18-2/h5-9,15H,4,10-11H2,1-3H3,(H,19,22)(H2,18,20,23). The number of rotatable bonds is 8. The van der Waals surface area contributed by atoms with E-state index in [2.05, 4.69) is 10.6 Å². The number of thioether (sulfide) groups is 2. The van der Waals surface area contributed by atoms with Crippen LogP contribution < -0.4 is 15.4 Å². The van der Waals surface area contributed by atoms with Crippen molar-refractivity contribution in [2.75, 3.05) is 19.2 Å². The fraction of sp³-hybridized carbons (Fsp3) is 0.412. The van der Waals surface area contributed by atoms with Gasteiger partial charge in [0.25, 0.3) is 10.0 Å². The molecule has 1 aliphatic heterocycles. The minimum atomic E-state index is -4.05. The van der Waals surface area contributed by atoms with Crippen LogP contribution in [-0.2, 0) is 21.2 Å². The maximum atomic E-state index is 12.5. The number of hydrogen-bond donors (Lipinski definition) is 3. The first kappa shape index (κ1) is 22.4. The number of benzene rings is 1. The molecule has 1 aliphatic rings. The second-order valence-corrected chi connectivity index (χ2v) is 9.30. The largest absolute Gasteiger partial charge is 0.348 e. The summed E-state index contributed by atoms with van der Waals surface area (Å²) in [7, 11) is -2.72. The van der Waals surface area contributed by atoms with Gasteiger partial charge in [-0.05, 0) is 35.8 Å². The van der Waals surface area contributed by atoms with Crippen molar-refractivity contribution >= 4 is 45.5 Å². The van der Waals surface area contributed by atoms with E-state index in [4.69, 9.17) is 0 Å². The number of nitrogens with zero attached hydrogens (tertiary/aromatic N) is 1. The van der Waals surface area contributed by atoms with Gasteiger partial charge in [0.1, 0.15) is 11.1 Å². The quantitative estimate of drug-likeness (QED) is 0.526. The molecule has 0 spiro atoms. The molecule has 1 atom stereocenters. The molecule has 28 heavy (non-hydrogen) atoms. The Morgan fingerprint density at radius 3 is 2.68 bits per heavy atom. The molecule has 1 aromatic carbocycles. The number of carbonyl (C=O) groups is 2. The normalized spacial score (nSPS) is 14.6. The molecule has 3 N–H and O–H groups in total. The van der Waals surface area contributed by atoms with Gasteiger partial charge >= 0.3 is 6.03 Å². The van der Waals surface area contributed by atoms with E-state index >= 15 is 0 Å². The number of sulfonamides is 1. The van der Waals surface area contributed by atoms with Gasteiger partial charge in [0.15, 0.2) is 0 Å². The fourth-order valence-corrected chi connectivity index (χ4v) is 5.50. The highest BCUT2D eigenvalue weighted by Crippen LogP contribution is 2.26. The molecule has 0 bridgehead atoms. The molecular weight excluding hydrogens is 420 g/mol. The zero-order chi connectivity index (χ0) is 20.7. The molecule has 0 fully saturated rings. The summed E-state index contributed by atoms with van der Waals surface area (Å²) >= 11 is 2.91. The third-order valence-corrected chi connectivity index (χ3v) is 7.08. The van der Waals surface area contributed by atoms with Crippen molar-refractivity contribution in [2.45, 2.75) is 35.7 Å². The third kappa shape index (κ3) is 5.82. The highest BCUT2D eigenvalue weighted by Gasteiger charge is 2.23.